The molecule has 0 saturated carbocycles. The van der Waals surface area contributed by atoms with Gasteiger partial charge in [0.25, 0.3) is 5.91 Å². The highest BCUT2D eigenvalue weighted by atomic mass is 79.9. The number of halogens is 1. The molecule has 2 atom stereocenters. The second-order valence-electron chi connectivity index (χ2n) is 5.90. The summed E-state index contributed by atoms with van der Waals surface area (Å²) in [7, 11) is 1.80. The van der Waals surface area contributed by atoms with Gasteiger partial charge in [-0.05, 0) is 48.3 Å². The van der Waals surface area contributed by atoms with Crippen LogP contribution in [-0.4, -0.2) is 59.5 Å². The standard InChI is InChI=1S/C15H21BrN4O/c1-10-8-19-5-3-4-12(19)9-20(10)15(21)13-6-11(16)7-18-14(13)17-2/h6-7,10,12H,3-5,8-9H2,1-2H3,(H,17,18). The number of hydrogen-bond acceptors (Lipinski definition) is 4. The topological polar surface area (TPSA) is 48.5 Å². The third-order valence-electron chi connectivity index (χ3n) is 4.52. The van der Waals surface area contributed by atoms with Crippen LogP contribution >= 0.6 is 15.9 Å². The number of hydrogen-bond donors (Lipinski definition) is 1. The van der Waals surface area contributed by atoms with Gasteiger partial charge in [0, 0.05) is 42.9 Å². The van der Waals surface area contributed by atoms with E-state index in [1.807, 2.05) is 11.0 Å². The lowest BCUT2D eigenvalue weighted by Crippen LogP contribution is -2.56. The Kier molecular flexibility index (Phi) is 4.17. The molecular formula is C15H21BrN4O. The van der Waals surface area contributed by atoms with Crippen molar-refractivity contribution in [3.05, 3.63) is 22.3 Å². The number of carbonyl (C=O) groups excluding carboxylic acids is 1. The molecule has 2 aliphatic rings. The Hall–Kier alpha value is -1.14. The molecule has 21 heavy (non-hydrogen) atoms. The summed E-state index contributed by atoms with van der Waals surface area (Å²) >= 11 is 3.41. The number of nitrogens with zero attached hydrogens (tertiary/aromatic N) is 3. The summed E-state index contributed by atoms with van der Waals surface area (Å²) < 4.78 is 0.831. The van der Waals surface area contributed by atoms with Gasteiger partial charge in [-0.15, -0.1) is 0 Å². The van der Waals surface area contributed by atoms with Gasteiger partial charge in [0.15, 0.2) is 0 Å². The molecule has 0 bridgehead atoms. The Morgan fingerprint density at radius 3 is 3.05 bits per heavy atom. The lowest BCUT2D eigenvalue weighted by Gasteiger charge is -2.42. The Balaban J connectivity index is 1.86. The molecule has 1 amide bonds. The first-order valence-electron chi connectivity index (χ1n) is 7.48. The van der Waals surface area contributed by atoms with Crippen molar-refractivity contribution in [2.45, 2.75) is 31.8 Å². The van der Waals surface area contributed by atoms with E-state index in [0.717, 1.165) is 17.6 Å². The van der Waals surface area contributed by atoms with Crippen LogP contribution in [0.3, 0.4) is 0 Å². The van der Waals surface area contributed by atoms with Crippen molar-refractivity contribution in [1.82, 2.24) is 14.8 Å². The van der Waals surface area contributed by atoms with Crippen LogP contribution in [0, 0.1) is 0 Å². The van der Waals surface area contributed by atoms with Gasteiger partial charge in [-0.25, -0.2) is 4.98 Å². The normalized spacial score (nSPS) is 25.8. The zero-order chi connectivity index (χ0) is 15.0. The summed E-state index contributed by atoms with van der Waals surface area (Å²) in [6.07, 6.45) is 4.16. The highest BCUT2D eigenvalue weighted by Gasteiger charge is 2.37. The average molecular weight is 353 g/mol. The van der Waals surface area contributed by atoms with Crippen molar-refractivity contribution in [3.8, 4) is 0 Å². The third kappa shape index (κ3) is 2.79. The average Bonchev–Trinajstić information content (AvgIpc) is 2.92. The number of pyridine rings is 1. The van der Waals surface area contributed by atoms with Gasteiger partial charge in [0.1, 0.15) is 5.82 Å². The van der Waals surface area contributed by atoms with E-state index >= 15 is 0 Å². The first-order chi connectivity index (χ1) is 10.1. The van der Waals surface area contributed by atoms with Crippen molar-refractivity contribution in [3.63, 3.8) is 0 Å². The monoisotopic (exact) mass is 352 g/mol. The van der Waals surface area contributed by atoms with Gasteiger partial charge in [-0.1, -0.05) is 0 Å². The molecular weight excluding hydrogens is 332 g/mol. The molecule has 114 valence electrons. The molecule has 6 heteroatoms. The highest BCUT2D eigenvalue weighted by molar-refractivity contribution is 9.10. The summed E-state index contributed by atoms with van der Waals surface area (Å²) in [5.41, 5.74) is 0.644. The Bertz CT molecular complexity index is 550. The van der Waals surface area contributed by atoms with Crippen LogP contribution in [0.2, 0.25) is 0 Å². The fourth-order valence-electron chi connectivity index (χ4n) is 3.43. The van der Waals surface area contributed by atoms with Crippen LogP contribution in [0.1, 0.15) is 30.1 Å². The van der Waals surface area contributed by atoms with E-state index in [1.165, 1.54) is 19.4 Å². The second kappa shape index (κ2) is 5.93. The number of fused-ring (bicyclic) bond motifs is 1. The van der Waals surface area contributed by atoms with Crippen molar-refractivity contribution >= 4 is 27.7 Å². The summed E-state index contributed by atoms with van der Waals surface area (Å²) in [5, 5.41) is 3.01. The third-order valence-corrected chi connectivity index (χ3v) is 4.95. The fourth-order valence-corrected chi connectivity index (χ4v) is 3.76. The molecule has 0 aliphatic carbocycles. The Labute approximate surface area is 133 Å². The Morgan fingerprint density at radius 2 is 2.29 bits per heavy atom. The van der Waals surface area contributed by atoms with E-state index in [1.54, 1.807) is 13.2 Å². The molecule has 1 aromatic rings. The molecule has 1 aromatic heterocycles. The van der Waals surface area contributed by atoms with E-state index in [9.17, 15) is 4.79 Å². The van der Waals surface area contributed by atoms with Crippen LogP contribution in [0.25, 0.3) is 0 Å². The van der Waals surface area contributed by atoms with Crippen molar-refractivity contribution < 1.29 is 4.79 Å². The predicted molar refractivity (Wildman–Crippen MR) is 86.6 cm³/mol. The molecule has 2 aliphatic heterocycles. The molecule has 5 nitrogen and oxygen atoms in total. The van der Waals surface area contributed by atoms with Gasteiger partial charge in [0.05, 0.1) is 5.56 Å². The predicted octanol–water partition coefficient (Wildman–Crippen LogP) is 2.19. The molecule has 0 spiro atoms. The lowest BCUT2D eigenvalue weighted by molar-refractivity contribution is 0.0396. The number of nitrogens with one attached hydrogen (secondary N) is 1. The van der Waals surface area contributed by atoms with Gasteiger partial charge in [0.2, 0.25) is 0 Å². The zero-order valence-electron chi connectivity index (χ0n) is 12.5. The van der Waals surface area contributed by atoms with Crippen molar-refractivity contribution in [2.75, 3.05) is 32.0 Å². The highest BCUT2D eigenvalue weighted by Crippen LogP contribution is 2.27. The molecule has 0 radical (unpaired) electrons. The summed E-state index contributed by atoms with van der Waals surface area (Å²) in [6, 6.07) is 2.63. The SMILES string of the molecule is CNc1ncc(Br)cc1C(=O)N1CC2CCCN2CC1C. The quantitative estimate of drug-likeness (QED) is 0.886. The summed E-state index contributed by atoms with van der Waals surface area (Å²) in [4.78, 5) is 21.8. The van der Waals surface area contributed by atoms with Crippen LogP contribution in [0.15, 0.2) is 16.7 Å². The fraction of sp³-hybridized carbons (Fsp3) is 0.600. The van der Waals surface area contributed by atoms with Crippen LogP contribution < -0.4 is 5.32 Å². The summed E-state index contributed by atoms with van der Waals surface area (Å²) in [5.74, 6) is 0.719. The van der Waals surface area contributed by atoms with Crippen LogP contribution in [-0.2, 0) is 0 Å². The maximum atomic E-state index is 12.9. The van der Waals surface area contributed by atoms with Gasteiger partial charge in [-0.3, -0.25) is 9.69 Å². The Morgan fingerprint density at radius 1 is 1.48 bits per heavy atom. The minimum Gasteiger partial charge on any atom is -0.372 e. The molecule has 2 fully saturated rings. The van der Waals surface area contributed by atoms with E-state index in [2.05, 4.69) is 38.1 Å². The number of aromatic nitrogens is 1. The largest absolute Gasteiger partial charge is 0.372 e. The first-order valence-corrected chi connectivity index (χ1v) is 8.27. The van der Waals surface area contributed by atoms with Crippen LogP contribution in [0.5, 0.6) is 0 Å². The molecule has 3 heterocycles. The minimum absolute atomic E-state index is 0.0761. The first kappa shape index (κ1) is 14.8. The molecule has 0 aromatic carbocycles. The molecule has 2 saturated heterocycles. The number of rotatable bonds is 2. The van der Waals surface area contributed by atoms with E-state index in [4.69, 9.17) is 0 Å². The van der Waals surface area contributed by atoms with Gasteiger partial charge < -0.3 is 10.2 Å². The maximum Gasteiger partial charge on any atom is 0.257 e. The lowest BCUT2D eigenvalue weighted by atomic mass is 10.1. The number of anilines is 1. The second-order valence-corrected chi connectivity index (χ2v) is 6.81. The minimum atomic E-state index is 0.0761. The van der Waals surface area contributed by atoms with Crippen molar-refractivity contribution in [1.29, 1.82) is 0 Å². The summed E-state index contributed by atoms with van der Waals surface area (Å²) in [6.45, 7) is 5.12. The van der Waals surface area contributed by atoms with Crippen LogP contribution in [0.4, 0.5) is 5.82 Å². The smallest absolute Gasteiger partial charge is 0.257 e. The number of piperazine rings is 1. The van der Waals surface area contributed by atoms with E-state index < -0.39 is 0 Å². The number of carbonyl (C=O) groups is 1. The number of amides is 1. The van der Waals surface area contributed by atoms with Gasteiger partial charge >= 0.3 is 0 Å². The van der Waals surface area contributed by atoms with E-state index in [-0.39, 0.29) is 11.9 Å². The van der Waals surface area contributed by atoms with Gasteiger partial charge in [-0.2, -0.15) is 0 Å². The maximum absolute atomic E-state index is 12.9. The molecule has 2 unspecified atom stereocenters. The zero-order valence-corrected chi connectivity index (χ0v) is 14.1. The molecule has 3 rings (SSSR count). The van der Waals surface area contributed by atoms with E-state index in [0.29, 0.717) is 17.4 Å². The molecule has 1 N–H and O–H groups in total. The van der Waals surface area contributed by atoms with Crippen molar-refractivity contribution in [2.24, 2.45) is 0 Å².